The van der Waals surface area contributed by atoms with Gasteiger partial charge in [-0.05, 0) is 59.8 Å². The third-order valence-corrected chi connectivity index (χ3v) is 11.2. The van der Waals surface area contributed by atoms with Crippen molar-refractivity contribution in [1.29, 1.82) is 0 Å². The van der Waals surface area contributed by atoms with Gasteiger partial charge in [0.25, 0.3) is 5.91 Å². The van der Waals surface area contributed by atoms with Crippen molar-refractivity contribution in [3.05, 3.63) is 23.5 Å². The van der Waals surface area contributed by atoms with Gasteiger partial charge in [0.05, 0.1) is 16.6 Å². The number of sulfone groups is 1. The van der Waals surface area contributed by atoms with Crippen LogP contribution < -0.4 is 5.32 Å². The van der Waals surface area contributed by atoms with E-state index in [0.717, 1.165) is 25.7 Å². The van der Waals surface area contributed by atoms with E-state index in [9.17, 15) is 18.3 Å². The van der Waals surface area contributed by atoms with E-state index in [1.807, 2.05) is 0 Å². The second kappa shape index (κ2) is 6.35. The average molecular weight is 422 g/mol. The Kier molecular flexibility index (Phi) is 4.59. The van der Waals surface area contributed by atoms with Crippen LogP contribution in [0, 0.1) is 34.0 Å². The second-order valence-corrected chi connectivity index (χ2v) is 13.2. The van der Waals surface area contributed by atoms with E-state index >= 15 is 0 Å². The van der Waals surface area contributed by atoms with Crippen molar-refractivity contribution < 1.29 is 18.3 Å². The normalized spacial score (nSPS) is 45.0. The van der Waals surface area contributed by atoms with Crippen molar-refractivity contribution in [2.45, 2.75) is 65.0 Å². The van der Waals surface area contributed by atoms with Gasteiger partial charge in [0, 0.05) is 13.0 Å². The van der Waals surface area contributed by atoms with Crippen LogP contribution in [0.4, 0.5) is 0 Å². The van der Waals surface area contributed by atoms with Gasteiger partial charge in [-0.1, -0.05) is 40.2 Å². The lowest BCUT2D eigenvalue weighted by Gasteiger charge is -2.66. The average Bonchev–Trinajstić information content (AvgIpc) is 2.62. The molecule has 29 heavy (non-hydrogen) atoms. The fourth-order valence-electron chi connectivity index (χ4n) is 7.74. The van der Waals surface area contributed by atoms with Gasteiger partial charge < -0.3 is 10.4 Å². The molecule has 1 amide bonds. The number of allylic oxidation sites excluding steroid dienone is 1. The molecule has 1 saturated heterocycles. The number of nitrogens with one attached hydrogen (secondary N) is 1. The van der Waals surface area contributed by atoms with Crippen LogP contribution in [0.3, 0.4) is 0 Å². The minimum atomic E-state index is -3.42. The van der Waals surface area contributed by atoms with Gasteiger partial charge in [-0.3, -0.25) is 4.79 Å². The Labute approximate surface area is 174 Å². The van der Waals surface area contributed by atoms with Gasteiger partial charge in [0.15, 0.2) is 9.84 Å². The maximum atomic E-state index is 13.4. The molecule has 1 aliphatic heterocycles. The standard InChI is InChI=1S/C23H35NO4S/c1-21(2)8-6-9-23(4)18(21)7-10-22(3)15-11-14(20(26)24-5)16(25)12-17(15)29(27,28)13-19(22)23/h11-12,15,17-19,25H,6-10,13H2,1-5H3,(H,24,26)/t15?,17?,18-,19-,22-,23-/m0/s1. The van der Waals surface area contributed by atoms with Crippen LogP contribution in [0.5, 0.6) is 0 Å². The molecule has 0 spiro atoms. The molecule has 2 N–H and O–H groups in total. The Balaban J connectivity index is 1.84. The van der Waals surface area contributed by atoms with Crippen molar-refractivity contribution in [2.75, 3.05) is 12.8 Å². The van der Waals surface area contributed by atoms with Crippen LogP contribution in [0.15, 0.2) is 23.5 Å². The Morgan fingerprint density at radius 1 is 1.07 bits per heavy atom. The molecule has 3 fully saturated rings. The van der Waals surface area contributed by atoms with Crippen LogP contribution in [0.25, 0.3) is 0 Å². The number of hydrogen-bond donors (Lipinski definition) is 2. The molecule has 5 nitrogen and oxygen atoms in total. The number of fused-ring (bicyclic) bond motifs is 5. The fourth-order valence-corrected chi connectivity index (χ4v) is 10.4. The Morgan fingerprint density at radius 3 is 2.41 bits per heavy atom. The van der Waals surface area contributed by atoms with Gasteiger partial charge in [-0.15, -0.1) is 0 Å². The number of carbonyl (C=O) groups excluding carboxylic acids is 1. The smallest absolute Gasteiger partial charge is 0.254 e. The van der Waals surface area contributed by atoms with Crippen LogP contribution in [-0.2, 0) is 14.6 Å². The summed E-state index contributed by atoms with van der Waals surface area (Å²) in [6.07, 6.45) is 8.66. The number of aliphatic hydroxyl groups is 1. The fraction of sp³-hybridized carbons (Fsp3) is 0.783. The lowest BCUT2D eigenvalue weighted by atomic mass is 9.41. The molecule has 0 aromatic heterocycles. The van der Waals surface area contributed by atoms with Gasteiger partial charge in [-0.25, -0.2) is 8.42 Å². The minimum Gasteiger partial charge on any atom is -0.507 e. The molecule has 0 radical (unpaired) electrons. The Bertz CT molecular complexity index is 902. The number of rotatable bonds is 1. The highest BCUT2D eigenvalue weighted by molar-refractivity contribution is 7.92. The first-order valence-electron chi connectivity index (χ1n) is 10.9. The SMILES string of the molecule is CNC(=O)C1=CC2C(C=C1O)S(=O)(=O)C[C@@H]1[C@@]3(C)CCCC(C)(C)[C@@H]3CC[C@@]21C. The molecule has 162 valence electrons. The summed E-state index contributed by atoms with van der Waals surface area (Å²) in [6.45, 7) is 9.27. The molecule has 6 heteroatoms. The largest absolute Gasteiger partial charge is 0.507 e. The summed E-state index contributed by atoms with van der Waals surface area (Å²) >= 11 is 0. The highest BCUT2D eigenvalue weighted by Crippen LogP contribution is 2.68. The first-order chi connectivity index (χ1) is 13.4. The molecule has 0 aromatic carbocycles. The molecule has 2 saturated carbocycles. The number of aliphatic hydroxyl groups excluding tert-OH is 1. The summed E-state index contributed by atoms with van der Waals surface area (Å²) in [5.41, 5.74) is 0.215. The maximum absolute atomic E-state index is 13.4. The van der Waals surface area contributed by atoms with Crippen molar-refractivity contribution in [3.8, 4) is 0 Å². The predicted octanol–water partition coefficient (Wildman–Crippen LogP) is 3.78. The molecule has 4 rings (SSSR count). The van der Waals surface area contributed by atoms with Crippen molar-refractivity contribution in [2.24, 2.45) is 34.0 Å². The molecule has 3 aliphatic carbocycles. The van der Waals surface area contributed by atoms with E-state index in [0.29, 0.717) is 5.92 Å². The zero-order chi connectivity index (χ0) is 21.4. The third-order valence-electron chi connectivity index (χ3n) is 9.18. The zero-order valence-electron chi connectivity index (χ0n) is 18.3. The third kappa shape index (κ3) is 2.84. The first-order valence-corrected chi connectivity index (χ1v) is 12.6. The van der Waals surface area contributed by atoms with Crippen LogP contribution in [-0.4, -0.2) is 37.5 Å². The summed E-state index contributed by atoms with van der Waals surface area (Å²) in [7, 11) is -1.89. The Morgan fingerprint density at radius 2 is 1.76 bits per heavy atom. The highest BCUT2D eigenvalue weighted by atomic mass is 32.2. The summed E-state index contributed by atoms with van der Waals surface area (Å²) in [4.78, 5) is 12.3. The van der Waals surface area contributed by atoms with E-state index in [1.54, 1.807) is 6.08 Å². The number of likely N-dealkylation sites (N-methyl/N-ethyl adjacent to an activating group) is 1. The van der Waals surface area contributed by atoms with Crippen molar-refractivity contribution in [3.63, 3.8) is 0 Å². The van der Waals surface area contributed by atoms with Gasteiger partial charge >= 0.3 is 0 Å². The molecule has 1 heterocycles. The topological polar surface area (TPSA) is 83.5 Å². The second-order valence-electron chi connectivity index (χ2n) is 11.0. The lowest BCUT2D eigenvalue weighted by Crippen LogP contribution is -2.63. The number of amides is 1. The quantitative estimate of drug-likeness (QED) is 0.675. The summed E-state index contributed by atoms with van der Waals surface area (Å²) in [5, 5.41) is 12.2. The van der Waals surface area contributed by atoms with Crippen molar-refractivity contribution in [1.82, 2.24) is 5.32 Å². The van der Waals surface area contributed by atoms with Crippen LogP contribution in [0.2, 0.25) is 0 Å². The summed E-state index contributed by atoms with van der Waals surface area (Å²) < 4.78 is 26.8. The molecule has 2 unspecified atom stereocenters. The minimum absolute atomic E-state index is 0.0169. The predicted molar refractivity (Wildman–Crippen MR) is 114 cm³/mol. The van der Waals surface area contributed by atoms with Crippen molar-refractivity contribution >= 4 is 15.7 Å². The Hall–Kier alpha value is -1.30. The van der Waals surface area contributed by atoms with Gasteiger partial charge in [-0.2, -0.15) is 0 Å². The lowest BCUT2D eigenvalue weighted by molar-refractivity contribution is -0.135. The first kappa shape index (κ1) is 21.0. The van der Waals surface area contributed by atoms with E-state index < -0.39 is 15.1 Å². The van der Waals surface area contributed by atoms with Crippen LogP contribution >= 0.6 is 0 Å². The van der Waals surface area contributed by atoms with E-state index in [2.05, 4.69) is 33.0 Å². The molecule has 0 bridgehead atoms. The zero-order valence-corrected chi connectivity index (χ0v) is 19.1. The molecular weight excluding hydrogens is 386 g/mol. The molecule has 0 aromatic rings. The number of hydrogen-bond acceptors (Lipinski definition) is 4. The maximum Gasteiger partial charge on any atom is 0.254 e. The monoisotopic (exact) mass is 421 g/mol. The van der Waals surface area contributed by atoms with E-state index in [1.165, 1.54) is 19.5 Å². The van der Waals surface area contributed by atoms with E-state index in [-0.39, 0.29) is 51.1 Å². The van der Waals surface area contributed by atoms with Gasteiger partial charge in [0.2, 0.25) is 0 Å². The molecule has 6 atom stereocenters. The van der Waals surface area contributed by atoms with Gasteiger partial charge in [0.1, 0.15) is 5.76 Å². The highest BCUT2D eigenvalue weighted by Gasteiger charge is 2.65. The molecule has 4 aliphatic rings. The summed E-state index contributed by atoms with van der Waals surface area (Å²) in [5.74, 6) is -0.0918. The molecular formula is C23H35NO4S. The summed E-state index contributed by atoms with van der Waals surface area (Å²) in [6, 6.07) is 0. The number of carbonyl (C=O) groups is 1. The van der Waals surface area contributed by atoms with E-state index in [4.69, 9.17) is 0 Å². The van der Waals surface area contributed by atoms with Crippen LogP contribution in [0.1, 0.15) is 59.8 Å².